The second kappa shape index (κ2) is 10.0. The van der Waals surface area contributed by atoms with Crippen LogP contribution in [0.2, 0.25) is 0 Å². The second-order valence-electron chi connectivity index (χ2n) is 7.71. The Hall–Kier alpha value is -3.46. The zero-order chi connectivity index (χ0) is 22.3. The molecule has 0 aliphatic carbocycles. The van der Waals surface area contributed by atoms with Crippen LogP contribution in [0.1, 0.15) is 31.1 Å². The topological polar surface area (TPSA) is 108 Å². The van der Waals surface area contributed by atoms with Crippen LogP contribution in [-0.2, 0) is 11.3 Å². The molecule has 1 amide bonds. The van der Waals surface area contributed by atoms with E-state index in [1.54, 1.807) is 30.3 Å². The maximum Gasteiger partial charge on any atom is 0.266 e. The molecule has 3 rings (SSSR count). The van der Waals surface area contributed by atoms with Crippen molar-refractivity contribution in [2.24, 2.45) is 0 Å². The number of furan rings is 1. The van der Waals surface area contributed by atoms with Crippen LogP contribution in [0.3, 0.4) is 0 Å². The zero-order valence-electron chi connectivity index (χ0n) is 17.8. The summed E-state index contributed by atoms with van der Waals surface area (Å²) in [6.45, 7) is 7.19. The molecule has 0 saturated heterocycles. The highest BCUT2D eigenvalue weighted by atomic mass is 16.5. The number of nitrogens with zero attached hydrogens (tertiary/aromatic N) is 3. The number of ether oxygens (including phenoxy) is 2. The first-order chi connectivity index (χ1) is 14.8. The van der Waals surface area contributed by atoms with Gasteiger partial charge in [-0.15, -0.1) is 0 Å². The van der Waals surface area contributed by atoms with Gasteiger partial charge in [-0.1, -0.05) is 0 Å². The highest BCUT2D eigenvalue weighted by Crippen LogP contribution is 2.15. The number of hydrogen-bond donors (Lipinski definition) is 1. The molecular weight excluding hydrogens is 400 g/mol. The summed E-state index contributed by atoms with van der Waals surface area (Å²) >= 11 is 0. The van der Waals surface area contributed by atoms with Gasteiger partial charge in [0.2, 0.25) is 5.88 Å². The highest BCUT2D eigenvalue weighted by molar-refractivity contribution is 5.93. The molecule has 0 fully saturated rings. The zero-order valence-corrected chi connectivity index (χ0v) is 17.8. The van der Waals surface area contributed by atoms with E-state index in [0.29, 0.717) is 36.1 Å². The molecule has 31 heavy (non-hydrogen) atoms. The van der Waals surface area contributed by atoms with Crippen LogP contribution in [0.5, 0.6) is 5.88 Å². The molecule has 9 heteroatoms. The van der Waals surface area contributed by atoms with Crippen molar-refractivity contribution in [2.45, 2.75) is 32.9 Å². The van der Waals surface area contributed by atoms with Gasteiger partial charge < -0.3 is 19.2 Å². The predicted molar refractivity (Wildman–Crippen MR) is 114 cm³/mol. The molecule has 164 valence electrons. The number of amides is 1. The van der Waals surface area contributed by atoms with Gasteiger partial charge in [0.25, 0.3) is 11.5 Å². The van der Waals surface area contributed by atoms with Crippen molar-refractivity contribution < 1.29 is 18.7 Å². The minimum atomic E-state index is -0.301. The fraction of sp³-hybridized carbons (Fsp3) is 0.364. The summed E-state index contributed by atoms with van der Waals surface area (Å²) in [5, 5.41) is 7.02. The van der Waals surface area contributed by atoms with E-state index in [2.05, 4.69) is 15.4 Å². The van der Waals surface area contributed by atoms with Crippen LogP contribution in [-0.4, -0.2) is 46.0 Å². The molecule has 9 nitrogen and oxygen atoms in total. The van der Waals surface area contributed by atoms with Gasteiger partial charge >= 0.3 is 0 Å². The van der Waals surface area contributed by atoms with E-state index in [-0.39, 0.29) is 30.2 Å². The first-order valence-corrected chi connectivity index (χ1v) is 9.95. The Morgan fingerprint density at radius 2 is 2.00 bits per heavy atom. The third-order valence-electron chi connectivity index (χ3n) is 4.12. The minimum absolute atomic E-state index is 0.223. The third kappa shape index (κ3) is 6.78. The van der Waals surface area contributed by atoms with E-state index < -0.39 is 0 Å². The Balaban J connectivity index is 1.48. The molecule has 0 aromatic carbocycles. The molecule has 3 aromatic heterocycles. The van der Waals surface area contributed by atoms with Crippen molar-refractivity contribution in [3.05, 3.63) is 64.8 Å². The summed E-state index contributed by atoms with van der Waals surface area (Å²) in [6.07, 6.45) is 2.98. The van der Waals surface area contributed by atoms with Crippen molar-refractivity contribution >= 4 is 5.91 Å². The second-order valence-corrected chi connectivity index (χ2v) is 7.71. The maximum atomic E-state index is 12.3. The Kier molecular flexibility index (Phi) is 7.19. The molecular formula is C22H26N4O5. The average molecular weight is 426 g/mol. The Morgan fingerprint density at radius 1 is 1.16 bits per heavy atom. The fourth-order valence-electron chi connectivity index (χ4n) is 2.64. The molecule has 0 aliphatic heterocycles. The van der Waals surface area contributed by atoms with Crippen LogP contribution in [0.4, 0.5) is 0 Å². The number of pyridine rings is 1. The molecule has 0 bridgehead atoms. The molecule has 0 atom stereocenters. The molecule has 0 radical (unpaired) electrons. The molecule has 0 aliphatic rings. The summed E-state index contributed by atoms with van der Waals surface area (Å²) in [5.74, 6) is 0.682. The molecule has 3 aromatic rings. The first kappa shape index (κ1) is 22.2. The summed E-state index contributed by atoms with van der Waals surface area (Å²) in [5.41, 5.74) is 0.453. The largest absolute Gasteiger partial charge is 0.475 e. The highest BCUT2D eigenvalue weighted by Gasteiger charge is 2.11. The van der Waals surface area contributed by atoms with Crippen LogP contribution < -0.4 is 15.6 Å². The smallest absolute Gasteiger partial charge is 0.266 e. The van der Waals surface area contributed by atoms with Crippen molar-refractivity contribution in [1.29, 1.82) is 0 Å². The summed E-state index contributed by atoms with van der Waals surface area (Å²) in [6, 6.07) is 9.78. The summed E-state index contributed by atoms with van der Waals surface area (Å²) in [4.78, 5) is 28.5. The Labute approximate surface area is 180 Å². The lowest BCUT2D eigenvalue weighted by atomic mass is 10.2. The van der Waals surface area contributed by atoms with Gasteiger partial charge in [-0.3, -0.25) is 9.59 Å². The lowest BCUT2D eigenvalue weighted by Gasteiger charge is -2.19. The average Bonchev–Trinajstić information content (AvgIpc) is 3.27. The van der Waals surface area contributed by atoms with Crippen LogP contribution >= 0.6 is 0 Å². The van der Waals surface area contributed by atoms with Gasteiger partial charge in [-0.05, 0) is 45.0 Å². The molecule has 3 heterocycles. The third-order valence-corrected chi connectivity index (χ3v) is 4.12. The maximum absolute atomic E-state index is 12.3. The van der Waals surface area contributed by atoms with E-state index in [9.17, 15) is 9.59 Å². The van der Waals surface area contributed by atoms with Gasteiger partial charge in [0.05, 0.1) is 30.6 Å². The summed E-state index contributed by atoms with van der Waals surface area (Å²) in [7, 11) is 0. The van der Waals surface area contributed by atoms with Gasteiger partial charge in [0, 0.05) is 24.9 Å². The number of carbonyl (C=O) groups is 1. The normalized spacial score (nSPS) is 11.3. The Bertz CT molecular complexity index is 1040. The van der Waals surface area contributed by atoms with Crippen LogP contribution in [0.15, 0.2) is 58.1 Å². The summed E-state index contributed by atoms with van der Waals surface area (Å²) < 4.78 is 17.7. The number of aromatic nitrogens is 3. The standard InChI is InChI=1S/C22H26N4O5/c1-22(2,3)31-14-13-30-19-8-6-16(15-24-19)21(28)23-10-11-26-20(27)9-7-17(25-26)18-5-4-12-29-18/h4-9,12,15H,10-11,13-14H2,1-3H3,(H,23,28). The van der Waals surface area contributed by atoms with E-state index in [4.69, 9.17) is 13.9 Å². The molecule has 0 saturated carbocycles. The predicted octanol–water partition coefficient (Wildman–Crippen LogP) is 2.52. The van der Waals surface area contributed by atoms with Crippen molar-refractivity contribution in [3.8, 4) is 17.3 Å². The van der Waals surface area contributed by atoms with Crippen molar-refractivity contribution in [3.63, 3.8) is 0 Å². The van der Waals surface area contributed by atoms with Gasteiger partial charge in [0.1, 0.15) is 12.3 Å². The van der Waals surface area contributed by atoms with E-state index >= 15 is 0 Å². The fourth-order valence-corrected chi connectivity index (χ4v) is 2.64. The van der Waals surface area contributed by atoms with Gasteiger partial charge in [-0.2, -0.15) is 5.10 Å². The van der Waals surface area contributed by atoms with Gasteiger partial charge in [-0.25, -0.2) is 9.67 Å². The van der Waals surface area contributed by atoms with Gasteiger partial charge in [0.15, 0.2) is 5.76 Å². The molecule has 1 N–H and O–H groups in total. The molecule has 0 spiro atoms. The lowest BCUT2D eigenvalue weighted by Crippen LogP contribution is -2.32. The monoisotopic (exact) mass is 426 g/mol. The van der Waals surface area contributed by atoms with Crippen molar-refractivity contribution in [2.75, 3.05) is 19.8 Å². The minimum Gasteiger partial charge on any atom is -0.475 e. The SMILES string of the molecule is CC(C)(C)OCCOc1ccc(C(=O)NCCn2nc(-c3ccco3)ccc2=O)cn1. The molecule has 0 unspecified atom stereocenters. The number of carbonyl (C=O) groups excluding carboxylic acids is 1. The van der Waals surface area contributed by atoms with E-state index in [1.807, 2.05) is 20.8 Å². The lowest BCUT2D eigenvalue weighted by molar-refractivity contribution is -0.0168. The Morgan fingerprint density at radius 3 is 2.68 bits per heavy atom. The number of hydrogen-bond acceptors (Lipinski definition) is 7. The number of nitrogens with one attached hydrogen (secondary N) is 1. The van der Waals surface area contributed by atoms with Crippen LogP contribution in [0.25, 0.3) is 11.5 Å². The first-order valence-electron chi connectivity index (χ1n) is 9.95. The van der Waals surface area contributed by atoms with Crippen LogP contribution in [0, 0.1) is 0 Å². The van der Waals surface area contributed by atoms with E-state index in [1.165, 1.54) is 23.2 Å². The number of rotatable bonds is 9. The van der Waals surface area contributed by atoms with Crippen molar-refractivity contribution in [1.82, 2.24) is 20.1 Å². The van der Waals surface area contributed by atoms with E-state index in [0.717, 1.165) is 0 Å². The quantitative estimate of drug-likeness (QED) is 0.524.